The molecule has 77 heavy (non-hydrogen) atoms. The largest absolute Gasteiger partial charge is 0.0732 e. The fourth-order valence-electron chi connectivity index (χ4n) is 16.4. The second-order valence-electron chi connectivity index (χ2n) is 22.4. The van der Waals surface area contributed by atoms with Crippen LogP contribution in [0, 0.1) is 17.3 Å². The molecule has 3 atom stereocenters. The van der Waals surface area contributed by atoms with Crippen LogP contribution in [0.1, 0.15) is 55.6 Å². The standard InChI is InChI=1S/C77H48/c1-2-20-48-44-69-49(43-47(48)19-1)21-17-41-75(69)42-18-30-62-72(50-37-39-58-56-26-9-15-35-67(56)76(70(58)45-50)63-31-11-5-22-52(63)53-23-6-12-32-64(53)76)60-28-3-4-29-61(60)73(74(62)75)51-38-40-59-57-27-10-16-36-68(57)77(71(59)46-51)65-33-13-7-24-54(65)55-25-8-14-34-66(55)77/h1-46,48,61H. The van der Waals surface area contributed by atoms with Gasteiger partial charge >= 0.3 is 0 Å². The van der Waals surface area contributed by atoms with Gasteiger partial charge in [0, 0.05) is 11.8 Å². The van der Waals surface area contributed by atoms with Crippen molar-refractivity contribution in [3.8, 4) is 44.5 Å². The van der Waals surface area contributed by atoms with Crippen LogP contribution in [0.3, 0.4) is 0 Å². The summed E-state index contributed by atoms with van der Waals surface area (Å²) in [7, 11) is 0. The maximum Gasteiger partial charge on any atom is 0.0725 e. The zero-order chi connectivity index (χ0) is 50.2. The molecule has 0 fully saturated rings. The summed E-state index contributed by atoms with van der Waals surface area (Å²) in [5.74, 6) is 0.163. The first-order chi connectivity index (χ1) is 38.2. The van der Waals surface area contributed by atoms with Gasteiger partial charge < -0.3 is 0 Å². The number of allylic oxidation sites excluding steroid dienone is 24. The van der Waals surface area contributed by atoms with Crippen molar-refractivity contribution < 1.29 is 0 Å². The van der Waals surface area contributed by atoms with Gasteiger partial charge in [-0.2, -0.15) is 0 Å². The number of benzene rings is 8. The lowest BCUT2D eigenvalue weighted by atomic mass is 9.56. The Kier molecular flexibility index (Phi) is 8.13. The molecule has 10 aliphatic rings. The van der Waals surface area contributed by atoms with Crippen molar-refractivity contribution in [3.05, 3.63) is 368 Å². The highest BCUT2D eigenvalue weighted by Crippen LogP contribution is 2.67. The van der Waals surface area contributed by atoms with Crippen molar-refractivity contribution in [2.75, 3.05) is 0 Å². The average Bonchev–Trinajstić information content (AvgIpc) is 4.38. The summed E-state index contributed by atoms with van der Waals surface area (Å²) in [5, 5.41) is 0. The molecule has 3 spiro atoms. The second-order valence-corrected chi connectivity index (χ2v) is 22.4. The van der Waals surface area contributed by atoms with E-state index in [9.17, 15) is 0 Å². The van der Waals surface area contributed by atoms with E-state index < -0.39 is 16.2 Å². The van der Waals surface area contributed by atoms with E-state index in [0.29, 0.717) is 0 Å². The van der Waals surface area contributed by atoms with Gasteiger partial charge in [-0.1, -0.05) is 267 Å². The molecule has 0 amide bonds. The highest BCUT2D eigenvalue weighted by molar-refractivity contribution is 6.04. The summed E-state index contributed by atoms with van der Waals surface area (Å²) in [6, 6.07) is 70.2. The van der Waals surface area contributed by atoms with Crippen LogP contribution in [0.25, 0.3) is 55.7 Å². The van der Waals surface area contributed by atoms with E-state index >= 15 is 0 Å². The molecule has 0 bridgehead atoms. The van der Waals surface area contributed by atoms with E-state index in [2.05, 4.69) is 279 Å². The summed E-state index contributed by atoms with van der Waals surface area (Å²) in [6.07, 6.45) is 38.1. The molecule has 10 aliphatic carbocycles. The van der Waals surface area contributed by atoms with Crippen LogP contribution in [0.15, 0.2) is 313 Å². The van der Waals surface area contributed by atoms with E-state index in [-0.39, 0.29) is 11.8 Å². The van der Waals surface area contributed by atoms with Gasteiger partial charge in [-0.05, 0) is 157 Å². The molecular weight excluding hydrogens is 925 g/mol. The van der Waals surface area contributed by atoms with Crippen molar-refractivity contribution in [2.24, 2.45) is 17.3 Å². The smallest absolute Gasteiger partial charge is 0.0725 e. The molecule has 0 heterocycles. The van der Waals surface area contributed by atoms with Crippen molar-refractivity contribution >= 4 is 11.1 Å². The van der Waals surface area contributed by atoms with Crippen LogP contribution in [0.2, 0.25) is 0 Å². The Balaban J connectivity index is 0.915. The summed E-state index contributed by atoms with van der Waals surface area (Å²) in [4.78, 5) is 0. The van der Waals surface area contributed by atoms with Gasteiger partial charge in [-0.3, -0.25) is 0 Å². The fourth-order valence-corrected chi connectivity index (χ4v) is 16.4. The van der Waals surface area contributed by atoms with Gasteiger partial charge in [0.05, 0.1) is 16.2 Å². The molecule has 0 N–H and O–H groups in total. The lowest BCUT2D eigenvalue weighted by Crippen LogP contribution is -2.33. The third kappa shape index (κ3) is 5.06. The molecule has 0 saturated carbocycles. The minimum atomic E-state index is -0.559. The van der Waals surface area contributed by atoms with Crippen molar-refractivity contribution in [2.45, 2.75) is 10.8 Å². The van der Waals surface area contributed by atoms with Crippen LogP contribution >= 0.6 is 0 Å². The normalized spacial score (nSPS) is 22.2. The molecule has 0 aromatic heterocycles. The Hall–Kier alpha value is -9.36. The Bertz CT molecular complexity index is 4380. The molecule has 0 radical (unpaired) electrons. The SMILES string of the molecule is C1=CC2=CC3=CC=CC4(C=CC=C5C(c6ccc7c(c6)C6(c8ccccc8-c8ccccc86)c6ccccc6-7)=C6C=CC=CC6C(c6ccc7c(c6)C6(c8ccccc8-c8ccccc86)c6ccccc6-7)=C54)C3=CC2C=C1. The van der Waals surface area contributed by atoms with E-state index in [1.165, 1.54) is 145 Å². The summed E-state index contributed by atoms with van der Waals surface area (Å²) in [6.45, 7) is 0. The zero-order valence-corrected chi connectivity index (χ0v) is 42.2. The molecule has 0 nitrogen and oxygen atoms in total. The molecule has 0 heteroatoms. The average molecular weight is 973 g/mol. The fraction of sp³-hybridized carbons (Fsp3) is 0.0649. The van der Waals surface area contributed by atoms with Crippen LogP contribution in [0.5, 0.6) is 0 Å². The number of hydrogen-bond donors (Lipinski definition) is 0. The number of fused-ring (bicyclic) bond motifs is 26. The number of rotatable bonds is 2. The topological polar surface area (TPSA) is 0 Å². The molecule has 8 aromatic carbocycles. The van der Waals surface area contributed by atoms with Gasteiger partial charge in [0.2, 0.25) is 0 Å². The Morgan fingerprint density at radius 2 is 0.831 bits per heavy atom. The van der Waals surface area contributed by atoms with Gasteiger partial charge in [0.1, 0.15) is 0 Å². The van der Waals surface area contributed by atoms with E-state index in [1.807, 2.05) is 0 Å². The van der Waals surface area contributed by atoms with E-state index in [4.69, 9.17) is 0 Å². The number of hydrogen-bond acceptors (Lipinski definition) is 0. The van der Waals surface area contributed by atoms with Gasteiger partial charge in [-0.15, -0.1) is 0 Å². The van der Waals surface area contributed by atoms with Crippen LogP contribution in [-0.4, -0.2) is 0 Å². The highest BCUT2D eigenvalue weighted by atomic mass is 14.6. The predicted molar refractivity (Wildman–Crippen MR) is 316 cm³/mol. The van der Waals surface area contributed by atoms with E-state index in [1.54, 1.807) is 0 Å². The molecule has 3 unspecified atom stereocenters. The molecule has 356 valence electrons. The van der Waals surface area contributed by atoms with Crippen LogP contribution in [-0.2, 0) is 10.8 Å². The van der Waals surface area contributed by atoms with E-state index in [0.717, 1.165) is 0 Å². The summed E-state index contributed by atoms with van der Waals surface area (Å²) >= 11 is 0. The predicted octanol–water partition coefficient (Wildman–Crippen LogP) is 17.9. The third-order valence-electron chi connectivity index (χ3n) is 19.2. The third-order valence-corrected chi connectivity index (χ3v) is 19.2. The summed E-state index contributed by atoms with van der Waals surface area (Å²) in [5.41, 5.74) is 33.2. The molecule has 18 rings (SSSR count). The van der Waals surface area contributed by atoms with Crippen molar-refractivity contribution in [1.29, 1.82) is 0 Å². The van der Waals surface area contributed by atoms with Gasteiger partial charge in [0.15, 0.2) is 0 Å². The highest BCUT2D eigenvalue weighted by Gasteiger charge is 2.54. The van der Waals surface area contributed by atoms with Gasteiger partial charge in [0.25, 0.3) is 0 Å². The Labute approximate surface area is 449 Å². The first-order valence-corrected chi connectivity index (χ1v) is 27.5. The first-order valence-electron chi connectivity index (χ1n) is 27.5. The molecule has 0 aliphatic heterocycles. The van der Waals surface area contributed by atoms with Crippen molar-refractivity contribution in [1.82, 2.24) is 0 Å². The van der Waals surface area contributed by atoms with Gasteiger partial charge in [-0.25, -0.2) is 0 Å². The summed E-state index contributed by atoms with van der Waals surface area (Å²) < 4.78 is 0. The first kappa shape index (κ1) is 41.9. The second kappa shape index (κ2) is 14.9. The Morgan fingerprint density at radius 3 is 1.38 bits per heavy atom. The van der Waals surface area contributed by atoms with Crippen molar-refractivity contribution in [3.63, 3.8) is 0 Å². The van der Waals surface area contributed by atoms with Crippen LogP contribution < -0.4 is 0 Å². The van der Waals surface area contributed by atoms with Crippen LogP contribution in [0.4, 0.5) is 0 Å². The lowest BCUT2D eigenvalue weighted by molar-refractivity contribution is 0.686. The quantitative estimate of drug-likeness (QED) is 0.162. The molecule has 0 saturated heterocycles. The lowest BCUT2D eigenvalue weighted by Gasteiger charge is -2.46. The monoisotopic (exact) mass is 972 g/mol. The minimum Gasteiger partial charge on any atom is -0.0732 e. The zero-order valence-electron chi connectivity index (χ0n) is 42.2. The maximum absolute atomic E-state index is 2.63. The maximum atomic E-state index is 2.63. The molecular formula is C77H48. The molecule has 8 aromatic rings. The minimum absolute atomic E-state index is 0.0330. The Morgan fingerprint density at radius 1 is 0.377 bits per heavy atom.